The molecule has 104 valence electrons. The number of rotatable bonds is 7. The highest BCUT2D eigenvalue weighted by atomic mass is 16.4. The molecule has 0 spiro atoms. The first-order chi connectivity index (χ1) is 8.90. The van der Waals surface area contributed by atoms with E-state index in [4.69, 9.17) is 10.8 Å². The van der Waals surface area contributed by atoms with Crippen molar-refractivity contribution in [2.24, 2.45) is 11.7 Å². The second-order valence-electron chi connectivity index (χ2n) is 4.82. The lowest BCUT2D eigenvalue weighted by molar-refractivity contribution is -0.138. The van der Waals surface area contributed by atoms with Crippen LogP contribution in [0.5, 0.6) is 0 Å². The van der Waals surface area contributed by atoms with Gasteiger partial charge in [0.15, 0.2) is 5.78 Å². The first-order valence-corrected chi connectivity index (χ1v) is 6.29. The van der Waals surface area contributed by atoms with Gasteiger partial charge in [-0.1, -0.05) is 18.2 Å². The van der Waals surface area contributed by atoms with Crippen molar-refractivity contribution in [1.82, 2.24) is 0 Å². The molecule has 0 fully saturated rings. The lowest BCUT2D eigenvalue weighted by Gasteiger charge is -2.17. The Morgan fingerprint density at radius 2 is 2.11 bits per heavy atom. The average molecular weight is 265 g/mol. The van der Waals surface area contributed by atoms with E-state index in [1.807, 2.05) is 6.08 Å². The van der Waals surface area contributed by atoms with E-state index in [1.165, 1.54) is 6.92 Å². The first-order valence-electron chi connectivity index (χ1n) is 6.29. The summed E-state index contributed by atoms with van der Waals surface area (Å²) in [7, 11) is 0. The molecular weight excluding hydrogens is 246 g/mol. The largest absolute Gasteiger partial charge is 0.480 e. The minimum atomic E-state index is -1.01. The maximum Gasteiger partial charge on any atom is 0.320 e. The Morgan fingerprint density at radius 1 is 1.42 bits per heavy atom. The Hall–Kier alpha value is -1.75. The minimum absolute atomic E-state index is 0.000882. The number of carboxylic acids is 1. The molecule has 0 bridgehead atoms. The number of hydrogen-bond donors (Lipinski definition) is 2. The summed E-state index contributed by atoms with van der Waals surface area (Å²) < 4.78 is 0. The van der Waals surface area contributed by atoms with Crippen molar-refractivity contribution in [3.8, 4) is 0 Å². The number of nitrogens with two attached hydrogens (primary N) is 1. The molecule has 0 heterocycles. The zero-order chi connectivity index (χ0) is 14.4. The van der Waals surface area contributed by atoms with E-state index in [2.05, 4.69) is 0 Å². The number of allylic oxidation sites excluding steroid dienone is 4. The SMILES string of the molecule is CC(=O)CCC(=O)C1=CCC(C[C@H](N)C(=O)O)C=C1. The molecule has 0 radical (unpaired) electrons. The van der Waals surface area contributed by atoms with Gasteiger partial charge in [0.25, 0.3) is 0 Å². The molecule has 0 saturated heterocycles. The van der Waals surface area contributed by atoms with Gasteiger partial charge in [-0.3, -0.25) is 9.59 Å². The van der Waals surface area contributed by atoms with E-state index in [0.717, 1.165) is 0 Å². The molecule has 5 heteroatoms. The van der Waals surface area contributed by atoms with Crippen molar-refractivity contribution in [2.75, 3.05) is 0 Å². The fourth-order valence-electron chi connectivity index (χ4n) is 1.91. The highest BCUT2D eigenvalue weighted by Gasteiger charge is 2.19. The third-order valence-corrected chi connectivity index (χ3v) is 3.09. The van der Waals surface area contributed by atoms with E-state index in [-0.39, 0.29) is 30.3 Å². The Labute approximate surface area is 112 Å². The molecule has 0 aromatic rings. The van der Waals surface area contributed by atoms with Gasteiger partial charge in [0.05, 0.1) is 0 Å². The van der Waals surface area contributed by atoms with Crippen molar-refractivity contribution >= 4 is 17.5 Å². The topological polar surface area (TPSA) is 97.5 Å². The Bertz CT molecular complexity index is 437. The number of hydrogen-bond acceptors (Lipinski definition) is 4. The quantitative estimate of drug-likeness (QED) is 0.721. The molecule has 1 rings (SSSR count). The van der Waals surface area contributed by atoms with E-state index >= 15 is 0 Å². The van der Waals surface area contributed by atoms with E-state index in [9.17, 15) is 14.4 Å². The molecule has 0 saturated carbocycles. The van der Waals surface area contributed by atoms with E-state index in [1.54, 1.807) is 12.2 Å². The Morgan fingerprint density at radius 3 is 2.58 bits per heavy atom. The van der Waals surface area contributed by atoms with Crippen LogP contribution in [0.4, 0.5) is 0 Å². The van der Waals surface area contributed by atoms with E-state index < -0.39 is 12.0 Å². The lowest BCUT2D eigenvalue weighted by atomic mass is 9.89. The Balaban J connectivity index is 2.46. The summed E-state index contributed by atoms with van der Waals surface area (Å²) in [6.45, 7) is 1.46. The first kappa shape index (κ1) is 15.3. The van der Waals surface area contributed by atoms with Crippen molar-refractivity contribution in [3.63, 3.8) is 0 Å². The fourth-order valence-corrected chi connectivity index (χ4v) is 1.91. The van der Waals surface area contributed by atoms with E-state index in [0.29, 0.717) is 18.4 Å². The zero-order valence-corrected chi connectivity index (χ0v) is 11.0. The molecule has 19 heavy (non-hydrogen) atoms. The molecule has 1 unspecified atom stereocenters. The van der Waals surface area contributed by atoms with Crippen molar-refractivity contribution in [3.05, 3.63) is 23.8 Å². The van der Waals surface area contributed by atoms with Crippen molar-refractivity contribution in [1.29, 1.82) is 0 Å². The number of aliphatic carboxylic acids is 1. The summed E-state index contributed by atoms with van der Waals surface area (Å²) in [5.74, 6) is -1.01. The van der Waals surface area contributed by atoms with Crippen LogP contribution in [0.1, 0.15) is 32.6 Å². The third kappa shape index (κ3) is 5.18. The van der Waals surface area contributed by atoms with Crippen molar-refractivity contribution < 1.29 is 19.5 Å². The second kappa shape index (κ2) is 6.99. The smallest absolute Gasteiger partial charge is 0.320 e. The van der Waals surface area contributed by atoms with Crippen LogP contribution in [-0.2, 0) is 14.4 Å². The van der Waals surface area contributed by atoms with Crippen LogP contribution in [0.15, 0.2) is 23.8 Å². The molecule has 3 N–H and O–H groups in total. The molecule has 0 aromatic carbocycles. The molecule has 0 aliphatic heterocycles. The molecule has 1 aliphatic rings. The predicted octanol–water partition coefficient (Wildman–Crippen LogP) is 1.23. The summed E-state index contributed by atoms with van der Waals surface area (Å²) in [6.07, 6.45) is 6.77. The number of carbonyl (C=O) groups excluding carboxylic acids is 2. The van der Waals surface area contributed by atoms with Crippen LogP contribution in [0.2, 0.25) is 0 Å². The standard InChI is InChI=1S/C14H19NO4/c1-9(16)2-7-13(17)11-5-3-10(4-6-11)8-12(15)14(18)19/h3,5-6,10,12H,2,4,7-8,15H2,1H3,(H,18,19)/t10?,12-/m0/s1. The number of carboxylic acid groups (broad SMARTS) is 1. The molecule has 0 aromatic heterocycles. The van der Waals surface area contributed by atoms with Crippen LogP contribution >= 0.6 is 0 Å². The number of carbonyl (C=O) groups is 3. The Kier molecular flexibility index (Phi) is 5.63. The number of ketones is 2. The number of Topliss-reactive ketones (excluding diaryl/α,β-unsaturated/α-hetero) is 2. The van der Waals surface area contributed by atoms with Gasteiger partial charge in [0, 0.05) is 18.4 Å². The predicted molar refractivity (Wildman–Crippen MR) is 70.5 cm³/mol. The lowest BCUT2D eigenvalue weighted by Crippen LogP contribution is -2.32. The normalized spacial score (nSPS) is 19.7. The summed E-state index contributed by atoms with van der Waals surface area (Å²) >= 11 is 0. The fraction of sp³-hybridized carbons (Fsp3) is 0.500. The summed E-state index contributed by atoms with van der Waals surface area (Å²) in [6, 6.07) is -0.877. The van der Waals surface area contributed by atoms with Gasteiger partial charge >= 0.3 is 5.97 Å². The van der Waals surface area contributed by atoms with Gasteiger partial charge in [-0.05, 0) is 25.7 Å². The zero-order valence-electron chi connectivity index (χ0n) is 11.0. The van der Waals surface area contributed by atoms with Crippen LogP contribution in [0.3, 0.4) is 0 Å². The third-order valence-electron chi connectivity index (χ3n) is 3.09. The summed E-state index contributed by atoms with van der Waals surface area (Å²) in [5, 5.41) is 8.72. The molecule has 2 atom stereocenters. The van der Waals surface area contributed by atoms with Gasteiger partial charge in [-0.25, -0.2) is 0 Å². The van der Waals surface area contributed by atoms with Gasteiger partial charge in [0.1, 0.15) is 11.8 Å². The molecule has 1 aliphatic carbocycles. The van der Waals surface area contributed by atoms with Gasteiger partial charge in [-0.2, -0.15) is 0 Å². The van der Waals surface area contributed by atoms with Crippen LogP contribution in [0.25, 0.3) is 0 Å². The second-order valence-corrected chi connectivity index (χ2v) is 4.82. The van der Waals surface area contributed by atoms with Gasteiger partial charge < -0.3 is 15.6 Å². The average Bonchev–Trinajstić information content (AvgIpc) is 2.36. The van der Waals surface area contributed by atoms with Crippen LogP contribution in [0, 0.1) is 5.92 Å². The molecule has 0 amide bonds. The minimum Gasteiger partial charge on any atom is -0.480 e. The highest BCUT2D eigenvalue weighted by molar-refractivity contribution is 5.99. The molecule has 5 nitrogen and oxygen atoms in total. The van der Waals surface area contributed by atoms with Gasteiger partial charge in [-0.15, -0.1) is 0 Å². The van der Waals surface area contributed by atoms with Gasteiger partial charge in [0.2, 0.25) is 0 Å². The summed E-state index contributed by atoms with van der Waals surface area (Å²) in [5.41, 5.74) is 6.06. The maximum atomic E-state index is 11.7. The van der Waals surface area contributed by atoms with Crippen molar-refractivity contribution in [2.45, 2.75) is 38.6 Å². The molecular formula is C14H19NO4. The monoisotopic (exact) mass is 265 g/mol. The van der Waals surface area contributed by atoms with Crippen LogP contribution < -0.4 is 5.73 Å². The highest BCUT2D eigenvalue weighted by Crippen LogP contribution is 2.21. The summed E-state index contributed by atoms with van der Waals surface area (Å²) in [4.78, 5) is 33.2. The maximum absolute atomic E-state index is 11.7. The van der Waals surface area contributed by atoms with Crippen LogP contribution in [-0.4, -0.2) is 28.7 Å².